The number of aliphatic imine (C=N–C) groups is 1. The molecule has 2 bridgehead atoms. The van der Waals surface area contributed by atoms with Crippen LogP contribution < -0.4 is 16.4 Å². The molecule has 1 aliphatic heterocycles. The minimum Gasteiger partial charge on any atom is -0.506 e. The lowest BCUT2D eigenvalue weighted by molar-refractivity contribution is -0.112. The number of nitrogens with one attached hydrogen (secondary N) is 2. The highest BCUT2D eigenvalue weighted by Crippen LogP contribution is 2.44. The zero-order valence-electron chi connectivity index (χ0n) is 26.0. The highest BCUT2D eigenvalue weighted by molar-refractivity contribution is 6.04. The molecule has 2 amide bonds. The zero-order valence-corrected chi connectivity index (χ0v) is 26.0. The summed E-state index contributed by atoms with van der Waals surface area (Å²) in [7, 11) is 4.70. The maximum atomic E-state index is 13.0. The second-order valence-corrected chi connectivity index (χ2v) is 10.8. The standard InChI is InChI=1S/C31H46N4O8/c1-17-13-21-26(34-12-11-33-5)23(36)16-22(28(21)38)35-30(39)18(2)9-8-10-24(41-6)29(43-31(32)40)20(4)15-19(3)27(37)25(14-17)42-7/h8-10,12,15-17,19,24-25,27,29,33,36-38H,11,13-14H2,1-7H3,(H2,32,40)(H,35,39)/t17-,19+,24+,25+,27-,29+/m1/s1/i5-1. The molecular formula is C31H46N4O8. The molecule has 0 fully saturated rings. The fourth-order valence-corrected chi connectivity index (χ4v) is 4.97. The van der Waals surface area contributed by atoms with Crippen molar-refractivity contribution < 1.29 is 39.1 Å². The highest BCUT2D eigenvalue weighted by atomic mass is 16.6. The molecule has 7 N–H and O–H groups in total. The van der Waals surface area contributed by atoms with Crippen LogP contribution in [-0.2, 0) is 25.4 Å². The van der Waals surface area contributed by atoms with Gasteiger partial charge in [-0.25, -0.2) is 4.79 Å². The number of methoxy groups -OCH3 is 2. The summed E-state index contributed by atoms with van der Waals surface area (Å²) in [6.45, 7) is 7.50. The SMILES string of the molecule is CO[C@H]1C=CC=C(C)C(=O)Nc2cc(O)c(N=CCN[11CH3])c(c2O)C[C@@H](C)C[C@H](OC)[C@H](O)[C@@H](C)C=C(C)[C@@H]1OC(N)=O. The topological polar surface area (TPSA) is 185 Å². The number of rotatable bonds is 6. The van der Waals surface area contributed by atoms with Crippen LogP contribution >= 0.6 is 0 Å². The lowest BCUT2D eigenvalue weighted by Crippen LogP contribution is -2.37. The summed E-state index contributed by atoms with van der Waals surface area (Å²) in [6.07, 6.45) is 4.50. The van der Waals surface area contributed by atoms with Crippen molar-refractivity contribution in [3.8, 4) is 11.5 Å². The Kier molecular flexibility index (Phi) is 13.9. The van der Waals surface area contributed by atoms with Crippen LogP contribution in [0.5, 0.6) is 11.5 Å². The molecule has 0 aliphatic carbocycles. The largest absolute Gasteiger partial charge is 0.506 e. The van der Waals surface area contributed by atoms with E-state index in [1.165, 1.54) is 26.4 Å². The maximum absolute atomic E-state index is 13.0. The van der Waals surface area contributed by atoms with Crippen molar-refractivity contribution in [1.82, 2.24) is 5.32 Å². The van der Waals surface area contributed by atoms with E-state index in [0.717, 1.165) is 0 Å². The Labute approximate surface area is 253 Å². The second-order valence-electron chi connectivity index (χ2n) is 10.8. The van der Waals surface area contributed by atoms with Gasteiger partial charge in [-0.1, -0.05) is 38.2 Å². The van der Waals surface area contributed by atoms with Crippen LogP contribution in [0.2, 0.25) is 0 Å². The van der Waals surface area contributed by atoms with Crippen LogP contribution in [0.15, 0.2) is 46.5 Å². The molecule has 238 valence electrons. The minimum atomic E-state index is -0.992. The van der Waals surface area contributed by atoms with E-state index in [2.05, 4.69) is 15.6 Å². The molecule has 12 heteroatoms. The Morgan fingerprint density at radius 2 is 1.93 bits per heavy atom. The number of carbonyl (C=O) groups is 2. The number of benzene rings is 1. The van der Waals surface area contributed by atoms with Crippen LogP contribution in [0.4, 0.5) is 16.2 Å². The average molecular weight is 602 g/mol. The van der Waals surface area contributed by atoms with Crippen LogP contribution in [0.25, 0.3) is 0 Å². The third kappa shape index (κ3) is 9.92. The van der Waals surface area contributed by atoms with E-state index in [-0.39, 0.29) is 40.8 Å². The molecule has 12 nitrogen and oxygen atoms in total. The number of aliphatic hydroxyl groups is 1. The second kappa shape index (κ2) is 16.8. The molecule has 0 unspecified atom stereocenters. The number of hydrogen-bond donors (Lipinski definition) is 6. The Hall–Kier alpha value is -3.71. The fourth-order valence-electron chi connectivity index (χ4n) is 4.97. The first-order chi connectivity index (χ1) is 20.3. The monoisotopic (exact) mass is 601 g/mol. The van der Waals surface area contributed by atoms with Gasteiger partial charge in [-0.2, -0.15) is 0 Å². The number of aliphatic hydroxyl groups excluding tert-OH is 1. The van der Waals surface area contributed by atoms with Gasteiger partial charge in [0.2, 0.25) is 0 Å². The van der Waals surface area contributed by atoms with Crippen molar-refractivity contribution in [1.29, 1.82) is 0 Å². The molecule has 1 heterocycles. The Morgan fingerprint density at radius 3 is 2.53 bits per heavy atom. The van der Waals surface area contributed by atoms with Crippen molar-refractivity contribution in [2.24, 2.45) is 22.6 Å². The van der Waals surface area contributed by atoms with Gasteiger partial charge in [-0.05, 0) is 45.2 Å². The van der Waals surface area contributed by atoms with Crippen LogP contribution in [0.3, 0.4) is 0 Å². The van der Waals surface area contributed by atoms with Gasteiger partial charge in [0.05, 0.1) is 17.9 Å². The number of carbonyl (C=O) groups excluding carboxylic acids is 2. The molecule has 6 atom stereocenters. The number of nitrogens with two attached hydrogens (primary N) is 1. The molecule has 2 rings (SSSR count). The number of ether oxygens (including phenoxy) is 3. The number of fused-ring (bicyclic) bond motifs is 2. The van der Waals surface area contributed by atoms with Gasteiger partial charge in [-0.15, -0.1) is 0 Å². The van der Waals surface area contributed by atoms with E-state index in [4.69, 9.17) is 19.9 Å². The summed E-state index contributed by atoms with van der Waals surface area (Å²) >= 11 is 0. The van der Waals surface area contributed by atoms with Crippen molar-refractivity contribution in [2.75, 3.05) is 33.1 Å². The molecule has 0 saturated heterocycles. The van der Waals surface area contributed by atoms with Crippen LogP contribution in [-0.4, -0.2) is 85.8 Å². The average Bonchev–Trinajstić information content (AvgIpc) is 2.95. The summed E-state index contributed by atoms with van der Waals surface area (Å²) in [6, 6.07) is 1.25. The number of aromatic hydroxyl groups is 2. The van der Waals surface area contributed by atoms with E-state index in [9.17, 15) is 24.9 Å². The van der Waals surface area contributed by atoms with E-state index < -0.39 is 42.3 Å². The van der Waals surface area contributed by atoms with Gasteiger partial charge in [0.1, 0.15) is 23.3 Å². The van der Waals surface area contributed by atoms with Gasteiger partial charge in [0.25, 0.3) is 5.91 Å². The van der Waals surface area contributed by atoms with Gasteiger partial charge < -0.3 is 45.9 Å². The molecule has 1 aromatic rings. The number of phenolic OH excluding ortho intramolecular Hbond substituents is 2. The summed E-state index contributed by atoms with van der Waals surface area (Å²) in [5, 5.41) is 39.0. The molecule has 1 aliphatic rings. The molecule has 0 aromatic heterocycles. The van der Waals surface area contributed by atoms with Crippen LogP contribution in [0, 0.1) is 11.8 Å². The van der Waals surface area contributed by atoms with Crippen molar-refractivity contribution >= 4 is 29.6 Å². The molecule has 0 spiro atoms. The summed E-state index contributed by atoms with van der Waals surface area (Å²) < 4.78 is 16.6. The number of anilines is 1. The first kappa shape index (κ1) is 35.5. The number of hydrogen-bond acceptors (Lipinski definition) is 10. The fraction of sp³-hybridized carbons (Fsp3) is 0.516. The predicted octanol–water partition coefficient (Wildman–Crippen LogP) is 3.48. The summed E-state index contributed by atoms with van der Waals surface area (Å²) in [5.74, 6) is -1.54. The minimum absolute atomic E-state index is 0.0216. The van der Waals surface area contributed by atoms with E-state index in [1.54, 1.807) is 45.3 Å². The maximum Gasteiger partial charge on any atom is 0.405 e. The Morgan fingerprint density at radius 1 is 1.23 bits per heavy atom. The van der Waals surface area contributed by atoms with Crippen LogP contribution in [0.1, 0.15) is 39.7 Å². The molecule has 1 aromatic carbocycles. The third-order valence-corrected chi connectivity index (χ3v) is 7.32. The lowest BCUT2D eigenvalue weighted by Gasteiger charge is -2.29. The highest BCUT2D eigenvalue weighted by Gasteiger charge is 2.30. The third-order valence-electron chi connectivity index (χ3n) is 7.32. The van der Waals surface area contributed by atoms with Crippen molar-refractivity contribution in [2.45, 2.75) is 65.0 Å². The Balaban J connectivity index is 2.68. The predicted molar refractivity (Wildman–Crippen MR) is 166 cm³/mol. The summed E-state index contributed by atoms with van der Waals surface area (Å²) in [5.41, 5.74) is 6.79. The number of nitrogens with zero attached hydrogens (tertiary/aromatic N) is 1. The van der Waals surface area contributed by atoms with E-state index in [0.29, 0.717) is 24.1 Å². The van der Waals surface area contributed by atoms with E-state index >= 15 is 0 Å². The van der Waals surface area contributed by atoms with Gasteiger partial charge >= 0.3 is 6.09 Å². The Bertz CT molecular complexity index is 1240. The van der Waals surface area contributed by atoms with Crippen molar-refractivity contribution in [3.05, 3.63) is 47.1 Å². The van der Waals surface area contributed by atoms with Gasteiger partial charge in [-0.3, -0.25) is 9.79 Å². The number of primary amides is 1. The molecule has 0 saturated carbocycles. The molecular weight excluding hydrogens is 555 g/mol. The quantitative estimate of drug-likeness (QED) is 0.123. The molecule has 0 radical (unpaired) electrons. The van der Waals surface area contributed by atoms with Gasteiger partial charge in [0, 0.05) is 50.1 Å². The van der Waals surface area contributed by atoms with E-state index in [1.807, 2.05) is 13.8 Å². The lowest BCUT2D eigenvalue weighted by atomic mass is 9.87. The van der Waals surface area contributed by atoms with Crippen molar-refractivity contribution in [3.63, 3.8) is 0 Å². The zero-order chi connectivity index (χ0) is 32.3. The number of amides is 2. The normalized spacial score (nSPS) is 26.1. The van der Waals surface area contributed by atoms with Gasteiger partial charge in [0.15, 0.2) is 6.10 Å². The first-order valence-corrected chi connectivity index (χ1v) is 14.1. The molecule has 43 heavy (non-hydrogen) atoms. The summed E-state index contributed by atoms with van der Waals surface area (Å²) in [4.78, 5) is 29.2. The number of allylic oxidation sites excluding steroid dienone is 2. The smallest absolute Gasteiger partial charge is 0.405 e. The number of phenols is 2. The first-order valence-electron chi connectivity index (χ1n) is 14.1.